The first-order valence-electron chi connectivity index (χ1n) is 9.68. The Morgan fingerprint density at radius 3 is 2.62 bits per heavy atom. The number of aryl methyl sites for hydroxylation is 2. The van der Waals surface area contributed by atoms with Crippen molar-refractivity contribution in [3.63, 3.8) is 0 Å². The number of aromatic nitrogens is 2. The summed E-state index contributed by atoms with van der Waals surface area (Å²) in [6.07, 6.45) is -3.93. The highest BCUT2D eigenvalue weighted by Crippen LogP contribution is 2.35. The molecule has 2 aromatic carbocycles. The van der Waals surface area contributed by atoms with Crippen molar-refractivity contribution in [2.24, 2.45) is 0 Å². The summed E-state index contributed by atoms with van der Waals surface area (Å²) in [6, 6.07) is 12.2. The van der Waals surface area contributed by atoms with Gasteiger partial charge in [0.1, 0.15) is 0 Å². The summed E-state index contributed by atoms with van der Waals surface area (Å²) in [6.45, 7) is 1.93. The minimum absolute atomic E-state index is 0.198. The number of hydrogen-bond donors (Lipinski definition) is 1. The third-order valence-electron chi connectivity index (χ3n) is 4.80. The quantitative estimate of drug-likeness (QED) is 0.417. The number of para-hydroxylation sites is 1. The van der Waals surface area contributed by atoms with Crippen LogP contribution in [-0.4, -0.2) is 27.0 Å². The van der Waals surface area contributed by atoms with Gasteiger partial charge in [-0.15, -0.1) is 11.8 Å². The lowest BCUT2D eigenvalue weighted by Crippen LogP contribution is -2.25. The summed E-state index contributed by atoms with van der Waals surface area (Å²) in [7, 11) is 0. The molecule has 1 amide bonds. The van der Waals surface area contributed by atoms with Crippen LogP contribution in [-0.2, 0) is 17.4 Å². The number of carbonyl (C=O) groups excluding carboxylic acids is 1. The Hall–Kier alpha value is -2.72. The number of halogens is 3. The van der Waals surface area contributed by atoms with Gasteiger partial charge >= 0.3 is 6.18 Å². The predicted molar refractivity (Wildman–Crippen MR) is 120 cm³/mol. The van der Waals surface area contributed by atoms with E-state index in [2.05, 4.69) is 10.3 Å². The molecule has 0 radical (unpaired) electrons. The molecule has 1 aliphatic rings. The molecule has 0 bridgehead atoms. The van der Waals surface area contributed by atoms with Gasteiger partial charge in [0, 0.05) is 12.2 Å². The van der Waals surface area contributed by atoms with Crippen molar-refractivity contribution in [3.05, 3.63) is 75.7 Å². The Morgan fingerprint density at radius 1 is 1.19 bits per heavy atom. The average molecular weight is 478 g/mol. The summed E-state index contributed by atoms with van der Waals surface area (Å²) in [5, 5.41) is 2.65. The molecular weight excluding hydrogens is 459 g/mol. The number of thioether (sulfide) groups is 2. The second-order valence-corrected chi connectivity index (χ2v) is 9.17. The van der Waals surface area contributed by atoms with Gasteiger partial charge in [-0.3, -0.25) is 14.2 Å². The third kappa shape index (κ3) is 4.71. The normalized spacial score (nSPS) is 13.1. The predicted octanol–water partition coefficient (Wildman–Crippen LogP) is 4.94. The summed E-state index contributed by atoms with van der Waals surface area (Å²) in [5.41, 5.74) is 0.915. The number of nitrogens with one attached hydrogen (secondary N) is 1. The molecular formula is C22H18F3N3O2S2. The molecule has 0 unspecified atom stereocenters. The number of hydrogen-bond acceptors (Lipinski definition) is 5. The topological polar surface area (TPSA) is 64.0 Å². The van der Waals surface area contributed by atoms with Crippen LogP contribution in [0.15, 0.2) is 63.4 Å². The standard InChI is InChI=1S/C22H18F3N3O2S2/c1-13-6-8-14(9-7-13)28-20(30)19-17(10-11-31-19)27-21(28)32-12-18(29)26-16-5-3-2-4-15(16)22(23,24)25/h2-9H,10-12H2,1H3,(H,26,29). The summed E-state index contributed by atoms with van der Waals surface area (Å²) in [4.78, 5) is 30.8. The van der Waals surface area contributed by atoms with E-state index in [9.17, 15) is 22.8 Å². The molecule has 1 aromatic heterocycles. The molecule has 1 aliphatic heterocycles. The van der Waals surface area contributed by atoms with Crippen molar-refractivity contribution in [1.29, 1.82) is 0 Å². The lowest BCUT2D eigenvalue weighted by Gasteiger charge is -2.15. The van der Waals surface area contributed by atoms with Crippen molar-refractivity contribution < 1.29 is 18.0 Å². The lowest BCUT2D eigenvalue weighted by atomic mass is 10.1. The monoisotopic (exact) mass is 477 g/mol. The minimum atomic E-state index is -4.58. The van der Waals surface area contributed by atoms with Gasteiger partial charge in [-0.2, -0.15) is 13.2 Å². The molecule has 32 heavy (non-hydrogen) atoms. The highest BCUT2D eigenvalue weighted by molar-refractivity contribution is 8.00. The Bertz CT molecular complexity index is 1220. The zero-order valence-corrected chi connectivity index (χ0v) is 18.5. The molecule has 3 aromatic rings. The van der Waals surface area contributed by atoms with Gasteiger partial charge in [0.15, 0.2) is 5.16 Å². The summed E-state index contributed by atoms with van der Waals surface area (Å²) in [5.74, 6) is -0.0589. The fourth-order valence-corrected chi connectivity index (χ4v) is 5.12. The van der Waals surface area contributed by atoms with E-state index in [1.807, 2.05) is 19.1 Å². The van der Waals surface area contributed by atoms with E-state index >= 15 is 0 Å². The van der Waals surface area contributed by atoms with Crippen LogP contribution in [0.1, 0.15) is 16.8 Å². The van der Waals surface area contributed by atoms with Gasteiger partial charge < -0.3 is 5.32 Å². The van der Waals surface area contributed by atoms with Crippen molar-refractivity contribution in [2.45, 2.75) is 29.6 Å². The molecule has 0 spiro atoms. The molecule has 0 atom stereocenters. The van der Waals surface area contributed by atoms with Gasteiger partial charge in [-0.1, -0.05) is 41.6 Å². The number of amides is 1. The van der Waals surface area contributed by atoms with Gasteiger partial charge in [0.05, 0.1) is 33.3 Å². The maximum absolute atomic E-state index is 13.2. The fraction of sp³-hybridized carbons (Fsp3) is 0.227. The average Bonchev–Trinajstić information content (AvgIpc) is 3.22. The van der Waals surface area contributed by atoms with Crippen LogP contribution >= 0.6 is 23.5 Å². The molecule has 166 valence electrons. The number of rotatable bonds is 5. The van der Waals surface area contributed by atoms with E-state index in [-0.39, 0.29) is 17.0 Å². The molecule has 0 fully saturated rings. The zero-order chi connectivity index (χ0) is 22.9. The van der Waals surface area contributed by atoms with Crippen molar-refractivity contribution in [2.75, 3.05) is 16.8 Å². The molecule has 0 saturated heterocycles. The van der Waals surface area contributed by atoms with Gasteiger partial charge in [-0.05, 0) is 31.2 Å². The Labute approximate surface area is 190 Å². The van der Waals surface area contributed by atoms with Gasteiger partial charge in [-0.25, -0.2) is 4.98 Å². The largest absolute Gasteiger partial charge is 0.418 e. The number of fused-ring (bicyclic) bond motifs is 1. The van der Waals surface area contributed by atoms with E-state index in [1.54, 1.807) is 12.1 Å². The maximum atomic E-state index is 13.2. The van der Waals surface area contributed by atoms with E-state index in [1.165, 1.54) is 34.5 Å². The van der Waals surface area contributed by atoms with Crippen LogP contribution in [0, 0.1) is 6.92 Å². The molecule has 0 aliphatic carbocycles. The van der Waals surface area contributed by atoms with Crippen LogP contribution in [0.2, 0.25) is 0 Å². The number of benzene rings is 2. The molecule has 0 saturated carbocycles. The van der Waals surface area contributed by atoms with Crippen molar-refractivity contribution in [1.82, 2.24) is 9.55 Å². The first-order chi connectivity index (χ1) is 15.2. The summed E-state index contributed by atoms with van der Waals surface area (Å²) >= 11 is 2.47. The highest BCUT2D eigenvalue weighted by Gasteiger charge is 2.33. The number of carbonyl (C=O) groups is 1. The van der Waals surface area contributed by atoms with Gasteiger partial charge in [0.2, 0.25) is 5.91 Å². The van der Waals surface area contributed by atoms with Crippen molar-refractivity contribution >= 4 is 35.1 Å². The third-order valence-corrected chi connectivity index (χ3v) is 6.84. The lowest BCUT2D eigenvalue weighted by molar-refractivity contribution is -0.137. The van der Waals surface area contributed by atoms with Crippen molar-refractivity contribution in [3.8, 4) is 5.69 Å². The van der Waals surface area contributed by atoms with Crippen LogP contribution < -0.4 is 10.9 Å². The minimum Gasteiger partial charge on any atom is -0.325 e. The Morgan fingerprint density at radius 2 is 1.91 bits per heavy atom. The number of nitrogens with zero attached hydrogens (tertiary/aromatic N) is 2. The Kier molecular flexibility index (Phi) is 6.34. The first kappa shape index (κ1) is 22.5. The van der Waals surface area contributed by atoms with Crippen LogP contribution in [0.3, 0.4) is 0 Å². The number of alkyl halides is 3. The smallest absolute Gasteiger partial charge is 0.325 e. The first-order valence-corrected chi connectivity index (χ1v) is 11.7. The zero-order valence-electron chi connectivity index (χ0n) is 16.9. The molecule has 5 nitrogen and oxygen atoms in total. The van der Waals surface area contributed by atoms with Crippen LogP contribution in [0.25, 0.3) is 5.69 Å². The molecule has 10 heteroatoms. The van der Waals surface area contributed by atoms with E-state index in [4.69, 9.17) is 0 Å². The Balaban J connectivity index is 1.60. The summed E-state index contributed by atoms with van der Waals surface area (Å²) < 4.78 is 41.0. The molecule has 4 rings (SSSR count). The SMILES string of the molecule is Cc1ccc(-n2c(SCC(=O)Nc3ccccc3C(F)(F)F)nc3c(c2=O)SCC3)cc1. The number of anilines is 1. The maximum Gasteiger partial charge on any atom is 0.418 e. The molecule has 1 N–H and O–H groups in total. The molecule has 2 heterocycles. The highest BCUT2D eigenvalue weighted by atomic mass is 32.2. The van der Waals surface area contributed by atoms with Crippen LogP contribution in [0.4, 0.5) is 18.9 Å². The van der Waals surface area contributed by atoms with Gasteiger partial charge in [0.25, 0.3) is 5.56 Å². The fourth-order valence-electron chi connectivity index (χ4n) is 3.27. The van der Waals surface area contributed by atoms with Crippen LogP contribution in [0.5, 0.6) is 0 Å². The second kappa shape index (κ2) is 9.03. The van der Waals surface area contributed by atoms with E-state index < -0.39 is 17.6 Å². The second-order valence-electron chi connectivity index (χ2n) is 7.12. The van der Waals surface area contributed by atoms with E-state index in [0.717, 1.165) is 29.1 Å². The van der Waals surface area contributed by atoms with E-state index in [0.29, 0.717) is 27.9 Å².